The molecule has 0 saturated carbocycles. The van der Waals surface area contributed by atoms with Crippen LogP contribution in [0.4, 0.5) is 5.69 Å². The number of amides is 1. The second kappa shape index (κ2) is 4.39. The van der Waals surface area contributed by atoms with Crippen LogP contribution in [0.2, 0.25) is 10.0 Å². The Morgan fingerprint density at radius 2 is 2.00 bits per heavy atom. The van der Waals surface area contributed by atoms with Crippen molar-refractivity contribution in [3.8, 4) is 0 Å². The summed E-state index contributed by atoms with van der Waals surface area (Å²) < 4.78 is 0. The SMILES string of the molecule is CC(C)(N)C(=O)Nc1ccc(Cl)cc1Cl. The predicted octanol–water partition coefficient (Wildman–Crippen LogP) is 2.67. The molecule has 1 rings (SSSR count). The van der Waals surface area contributed by atoms with Crippen LogP contribution >= 0.6 is 23.2 Å². The molecule has 0 unspecified atom stereocenters. The summed E-state index contributed by atoms with van der Waals surface area (Å²) in [6.07, 6.45) is 0. The fourth-order valence-electron chi connectivity index (χ4n) is 0.874. The Hall–Kier alpha value is -0.770. The lowest BCUT2D eigenvalue weighted by Crippen LogP contribution is -2.45. The van der Waals surface area contributed by atoms with E-state index in [0.29, 0.717) is 15.7 Å². The summed E-state index contributed by atoms with van der Waals surface area (Å²) in [6.45, 7) is 3.23. The van der Waals surface area contributed by atoms with Crippen LogP contribution < -0.4 is 11.1 Å². The van der Waals surface area contributed by atoms with Crippen molar-refractivity contribution in [2.45, 2.75) is 19.4 Å². The van der Waals surface area contributed by atoms with Gasteiger partial charge in [0, 0.05) is 5.02 Å². The van der Waals surface area contributed by atoms with Crippen molar-refractivity contribution < 1.29 is 4.79 Å². The van der Waals surface area contributed by atoms with Gasteiger partial charge in [-0.2, -0.15) is 0 Å². The summed E-state index contributed by atoms with van der Waals surface area (Å²) in [5.41, 5.74) is 5.19. The van der Waals surface area contributed by atoms with E-state index < -0.39 is 5.54 Å². The zero-order chi connectivity index (χ0) is 11.6. The third-order valence-corrected chi connectivity index (χ3v) is 2.31. The van der Waals surface area contributed by atoms with E-state index in [-0.39, 0.29) is 5.91 Å². The van der Waals surface area contributed by atoms with Crippen molar-refractivity contribution in [3.05, 3.63) is 28.2 Å². The number of hydrogen-bond acceptors (Lipinski definition) is 2. The van der Waals surface area contributed by atoms with Crippen LogP contribution in [0.5, 0.6) is 0 Å². The minimum atomic E-state index is -0.942. The number of nitrogens with one attached hydrogen (secondary N) is 1. The molecule has 0 spiro atoms. The maximum absolute atomic E-state index is 11.5. The molecule has 3 nitrogen and oxygen atoms in total. The highest BCUT2D eigenvalue weighted by atomic mass is 35.5. The number of nitrogens with two attached hydrogens (primary N) is 1. The molecule has 0 aliphatic heterocycles. The van der Waals surface area contributed by atoms with Gasteiger partial charge in [-0.05, 0) is 32.0 Å². The van der Waals surface area contributed by atoms with E-state index >= 15 is 0 Å². The molecule has 0 aromatic heterocycles. The molecule has 15 heavy (non-hydrogen) atoms. The van der Waals surface area contributed by atoms with E-state index in [1.165, 1.54) is 0 Å². The minimum Gasteiger partial charge on any atom is -0.323 e. The summed E-state index contributed by atoms with van der Waals surface area (Å²) in [5, 5.41) is 3.53. The highest BCUT2D eigenvalue weighted by Gasteiger charge is 2.22. The van der Waals surface area contributed by atoms with Gasteiger partial charge in [-0.3, -0.25) is 4.79 Å². The van der Waals surface area contributed by atoms with E-state index in [4.69, 9.17) is 28.9 Å². The third-order valence-electron chi connectivity index (χ3n) is 1.76. The van der Waals surface area contributed by atoms with Crippen LogP contribution in [-0.4, -0.2) is 11.4 Å². The zero-order valence-corrected chi connectivity index (χ0v) is 9.99. The van der Waals surface area contributed by atoms with Gasteiger partial charge in [0.1, 0.15) is 0 Å². The second-order valence-corrected chi connectivity index (χ2v) is 4.64. The first-order valence-electron chi connectivity index (χ1n) is 4.36. The Morgan fingerprint density at radius 1 is 1.40 bits per heavy atom. The highest BCUT2D eigenvalue weighted by molar-refractivity contribution is 6.36. The molecule has 0 heterocycles. The monoisotopic (exact) mass is 246 g/mol. The Kier molecular flexibility index (Phi) is 3.60. The van der Waals surface area contributed by atoms with Gasteiger partial charge in [-0.1, -0.05) is 23.2 Å². The molecule has 82 valence electrons. The third kappa shape index (κ3) is 3.38. The maximum Gasteiger partial charge on any atom is 0.243 e. The van der Waals surface area contributed by atoms with Crippen LogP contribution in [0.15, 0.2) is 18.2 Å². The van der Waals surface area contributed by atoms with Gasteiger partial charge in [-0.25, -0.2) is 0 Å². The van der Waals surface area contributed by atoms with Gasteiger partial charge in [-0.15, -0.1) is 0 Å². The summed E-state index contributed by atoms with van der Waals surface area (Å²) in [7, 11) is 0. The number of carbonyl (C=O) groups excluding carboxylic acids is 1. The predicted molar refractivity (Wildman–Crippen MR) is 63.4 cm³/mol. The molecule has 0 atom stereocenters. The van der Waals surface area contributed by atoms with Gasteiger partial charge in [0.15, 0.2) is 0 Å². The normalized spacial score (nSPS) is 11.3. The standard InChI is InChI=1S/C10H12Cl2N2O/c1-10(2,13)9(15)14-8-4-3-6(11)5-7(8)12/h3-5H,13H2,1-2H3,(H,14,15). The second-order valence-electron chi connectivity index (χ2n) is 3.80. The van der Waals surface area contributed by atoms with Crippen LogP contribution in [0.3, 0.4) is 0 Å². The molecule has 0 radical (unpaired) electrons. The molecule has 1 amide bonds. The highest BCUT2D eigenvalue weighted by Crippen LogP contribution is 2.25. The molecular formula is C10H12Cl2N2O. The van der Waals surface area contributed by atoms with E-state index in [1.807, 2.05) is 0 Å². The van der Waals surface area contributed by atoms with E-state index in [2.05, 4.69) is 5.32 Å². The molecule has 1 aromatic carbocycles. The van der Waals surface area contributed by atoms with Crippen molar-refractivity contribution in [2.75, 3.05) is 5.32 Å². The Bertz CT molecular complexity index is 385. The quantitative estimate of drug-likeness (QED) is 0.844. The molecule has 0 aliphatic rings. The first-order valence-corrected chi connectivity index (χ1v) is 5.11. The smallest absolute Gasteiger partial charge is 0.243 e. The Labute approximate surface area is 98.5 Å². The number of anilines is 1. The van der Waals surface area contributed by atoms with Crippen molar-refractivity contribution >= 4 is 34.8 Å². The topological polar surface area (TPSA) is 55.1 Å². The number of halogens is 2. The van der Waals surface area contributed by atoms with Crippen LogP contribution in [0.1, 0.15) is 13.8 Å². The molecule has 0 fully saturated rings. The summed E-state index contributed by atoms with van der Waals surface area (Å²) in [4.78, 5) is 11.5. The molecule has 0 bridgehead atoms. The van der Waals surface area contributed by atoms with Gasteiger partial charge in [0.05, 0.1) is 16.2 Å². The maximum atomic E-state index is 11.5. The van der Waals surface area contributed by atoms with Gasteiger partial charge in [0.25, 0.3) is 0 Å². The van der Waals surface area contributed by atoms with Crippen molar-refractivity contribution in [2.24, 2.45) is 5.73 Å². The van der Waals surface area contributed by atoms with E-state index in [1.54, 1.807) is 32.0 Å². The summed E-state index contributed by atoms with van der Waals surface area (Å²) in [5.74, 6) is -0.299. The first kappa shape index (κ1) is 12.3. The number of hydrogen-bond donors (Lipinski definition) is 2. The molecule has 0 saturated heterocycles. The lowest BCUT2D eigenvalue weighted by atomic mass is 10.1. The lowest BCUT2D eigenvalue weighted by Gasteiger charge is -2.18. The average molecular weight is 247 g/mol. The average Bonchev–Trinajstić information content (AvgIpc) is 2.08. The Morgan fingerprint density at radius 3 is 2.47 bits per heavy atom. The lowest BCUT2D eigenvalue weighted by molar-refractivity contribution is -0.120. The number of benzene rings is 1. The zero-order valence-electron chi connectivity index (χ0n) is 8.47. The molecule has 5 heteroatoms. The van der Waals surface area contributed by atoms with Crippen molar-refractivity contribution in [3.63, 3.8) is 0 Å². The van der Waals surface area contributed by atoms with Crippen molar-refractivity contribution in [1.82, 2.24) is 0 Å². The molecule has 3 N–H and O–H groups in total. The minimum absolute atomic E-state index is 0.299. The van der Waals surface area contributed by atoms with E-state index in [9.17, 15) is 4.79 Å². The van der Waals surface area contributed by atoms with E-state index in [0.717, 1.165) is 0 Å². The first-order chi connectivity index (χ1) is 6.80. The van der Waals surface area contributed by atoms with Gasteiger partial charge in [0.2, 0.25) is 5.91 Å². The fourth-order valence-corrected chi connectivity index (χ4v) is 1.33. The molecular weight excluding hydrogens is 235 g/mol. The van der Waals surface area contributed by atoms with Crippen molar-refractivity contribution in [1.29, 1.82) is 0 Å². The summed E-state index contributed by atoms with van der Waals surface area (Å²) >= 11 is 11.6. The number of rotatable bonds is 2. The molecule has 0 aliphatic carbocycles. The Balaban J connectivity index is 2.87. The molecule has 1 aromatic rings. The van der Waals surface area contributed by atoms with Crippen LogP contribution in [-0.2, 0) is 4.79 Å². The number of carbonyl (C=O) groups is 1. The van der Waals surface area contributed by atoms with Crippen LogP contribution in [0, 0.1) is 0 Å². The van der Waals surface area contributed by atoms with Crippen LogP contribution in [0.25, 0.3) is 0 Å². The van der Waals surface area contributed by atoms with Gasteiger partial charge >= 0.3 is 0 Å². The summed E-state index contributed by atoms with van der Waals surface area (Å²) in [6, 6.07) is 4.84. The largest absolute Gasteiger partial charge is 0.323 e. The fraction of sp³-hybridized carbons (Fsp3) is 0.300. The van der Waals surface area contributed by atoms with Gasteiger partial charge < -0.3 is 11.1 Å².